The molecule has 0 saturated carbocycles. The molecule has 0 bridgehead atoms. The molecule has 2 atom stereocenters. The lowest BCUT2D eigenvalue weighted by Crippen LogP contribution is -2.41. The molecular weight excluding hydrogens is 354 g/mol. The zero-order chi connectivity index (χ0) is 19.8. The first kappa shape index (κ1) is 20.6. The Labute approximate surface area is 167 Å². The normalized spacial score (nSPS) is 17.8. The Bertz CT molecular complexity index is 684. The molecule has 0 aromatic heterocycles. The van der Waals surface area contributed by atoms with Gasteiger partial charge in [-0.25, -0.2) is 0 Å². The average Bonchev–Trinajstić information content (AvgIpc) is 2.74. The van der Waals surface area contributed by atoms with E-state index in [2.05, 4.69) is 4.90 Å². The molecule has 152 valence electrons. The molecule has 5 nitrogen and oxygen atoms in total. The highest BCUT2D eigenvalue weighted by Gasteiger charge is 2.27. The maximum atomic E-state index is 10.6. The molecule has 1 fully saturated rings. The Hall–Kier alpha value is -2.08. The molecule has 1 saturated heterocycles. The van der Waals surface area contributed by atoms with E-state index in [-0.39, 0.29) is 12.5 Å². The van der Waals surface area contributed by atoms with Crippen molar-refractivity contribution in [3.05, 3.63) is 60.2 Å². The van der Waals surface area contributed by atoms with E-state index in [0.717, 1.165) is 43.0 Å². The topological polar surface area (TPSA) is 62.2 Å². The number of aliphatic hydroxyl groups excluding tert-OH is 2. The molecule has 2 unspecified atom stereocenters. The number of nitrogens with zero attached hydrogens (tertiary/aromatic N) is 1. The Morgan fingerprint density at radius 3 is 2.14 bits per heavy atom. The van der Waals surface area contributed by atoms with Crippen LogP contribution in [-0.4, -0.2) is 54.1 Å². The fourth-order valence-electron chi connectivity index (χ4n) is 3.72. The smallest absolute Gasteiger partial charge is 0.119 e. The SMILES string of the molecule is CCOc1ccc(OCC(O)CN2CCC(C(O)c3ccccc3)CC2)cc1. The molecule has 2 aromatic carbocycles. The van der Waals surface area contributed by atoms with Gasteiger partial charge in [-0.1, -0.05) is 30.3 Å². The summed E-state index contributed by atoms with van der Waals surface area (Å²) >= 11 is 0. The minimum absolute atomic E-state index is 0.264. The maximum absolute atomic E-state index is 10.6. The third-order valence-electron chi connectivity index (χ3n) is 5.27. The monoisotopic (exact) mass is 385 g/mol. The van der Waals surface area contributed by atoms with Gasteiger partial charge in [-0.05, 0) is 68.6 Å². The summed E-state index contributed by atoms with van der Waals surface area (Å²) in [5.74, 6) is 1.82. The minimum atomic E-state index is -0.540. The first-order chi connectivity index (χ1) is 13.7. The van der Waals surface area contributed by atoms with Crippen molar-refractivity contribution in [3.8, 4) is 11.5 Å². The zero-order valence-electron chi connectivity index (χ0n) is 16.5. The van der Waals surface area contributed by atoms with Crippen molar-refractivity contribution >= 4 is 0 Å². The molecule has 1 heterocycles. The van der Waals surface area contributed by atoms with Crippen molar-refractivity contribution in [2.75, 3.05) is 32.8 Å². The van der Waals surface area contributed by atoms with Gasteiger partial charge in [0.2, 0.25) is 0 Å². The van der Waals surface area contributed by atoms with Gasteiger partial charge < -0.3 is 24.6 Å². The summed E-state index contributed by atoms with van der Waals surface area (Å²) in [6.45, 7) is 5.21. The van der Waals surface area contributed by atoms with E-state index in [1.807, 2.05) is 61.5 Å². The standard InChI is InChI=1S/C23H31NO4/c1-2-27-21-8-10-22(11-9-21)28-17-20(25)16-24-14-12-19(13-15-24)23(26)18-6-4-3-5-7-18/h3-11,19-20,23,25-26H,2,12-17H2,1H3. The van der Waals surface area contributed by atoms with Crippen LogP contribution < -0.4 is 9.47 Å². The number of hydrogen-bond acceptors (Lipinski definition) is 5. The summed E-state index contributed by atoms with van der Waals surface area (Å²) in [4.78, 5) is 2.25. The Morgan fingerprint density at radius 1 is 0.929 bits per heavy atom. The summed E-state index contributed by atoms with van der Waals surface area (Å²) in [5, 5.41) is 20.9. The largest absolute Gasteiger partial charge is 0.494 e. The predicted octanol–water partition coefficient (Wildman–Crippen LogP) is 3.27. The van der Waals surface area contributed by atoms with Gasteiger partial charge in [0.15, 0.2) is 0 Å². The predicted molar refractivity (Wildman–Crippen MR) is 110 cm³/mol. The molecule has 0 amide bonds. The van der Waals surface area contributed by atoms with E-state index >= 15 is 0 Å². The van der Waals surface area contributed by atoms with Gasteiger partial charge in [-0.15, -0.1) is 0 Å². The van der Waals surface area contributed by atoms with Crippen LogP contribution in [0.15, 0.2) is 54.6 Å². The van der Waals surface area contributed by atoms with Crippen LogP contribution in [0.5, 0.6) is 11.5 Å². The van der Waals surface area contributed by atoms with E-state index in [9.17, 15) is 10.2 Å². The van der Waals surface area contributed by atoms with Crippen LogP contribution >= 0.6 is 0 Å². The zero-order valence-corrected chi connectivity index (χ0v) is 16.5. The number of rotatable bonds is 9. The molecule has 28 heavy (non-hydrogen) atoms. The number of benzene rings is 2. The number of hydrogen-bond donors (Lipinski definition) is 2. The summed E-state index contributed by atoms with van der Waals surface area (Å²) in [7, 11) is 0. The Balaban J connectivity index is 1.38. The second-order valence-corrected chi connectivity index (χ2v) is 7.36. The van der Waals surface area contributed by atoms with Crippen molar-refractivity contribution in [2.24, 2.45) is 5.92 Å². The Kier molecular flexibility index (Phi) is 7.71. The van der Waals surface area contributed by atoms with Gasteiger partial charge in [0, 0.05) is 6.54 Å². The summed E-state index contributed by atoms with van der Waals surface area (Å²) in [6.07, 6.45) is 0.920. The van der Waals surface area contributed by atoms with Gasteiger partial charge >= 0.3 is 0 Å². The molecule has 0 spiro atoms. The van der Waals surface area contributed by atoms with Gasteiger partial charge in [0.05, 0.1) is 12.7 Å². The molecular formula is C23H31NO4. The van der Waals surface area contributed by atoms with Crippen LogP contribution in [0.2, 0.25) is 0 Å². The molecule has 2 N–H and O–H groups in total. The highest BCUT2D eigenvalue weighted by molar-refractivity contribution is 5.31. The quantitative estimate of drug-likeness (QED) is 0.694. The second-order valence-electron chi connectivity index (χ2n) is 7.36. The van der Waals surface area contributed by atoms with Gasteiger partial charge in [0.25, 0.3) is 0 Å². The highest BCUT2D eigenvalue weighted by Crippen LogP contribution is 2.30. The van der Waals surface area contributed by atoms with Crippen LogP contribution in [0.3, 0.4) is 0 Å². The van der Waals surface area contributed by atoms with Crippen LogP contribution in [0.4, 0.5) is 0 Å². The lowest BCUT2D eigenvalue weighted by atomic mass is 9.87. The van der Waals surface area contributed by atoms with Gasteiger partial charge in [0.1, 0.15) is 24.2 Å². The molecule has 0 radical (unpaired) electrons. The van der Waals surface area contributed by atoms with E-state index in [1.165, 1.54) is 0 Å². The second kappa shape index (κ2) is 10.5. The number of β-amino-alcohol motifs (C(OH)–C–C–N with tert-alkyl or cyclic N) is 1. The van der Waals surface area contributed by atoms with E-state index in [0.29, 0.717) is 13.2 Å². The van der Waals surface area contributed by atoms with Crippen LogP contribution in [-0.2, 0) is 0 Å². The van der Waals surface area contributed by atoms with E-state index < -0.39 is 12.2 Å². The van der Waals surface area contributed by atoms with Crippen molar-refractivity contribution < 1.29 is 19.7 Å². The molecule has 0 aliphatic carbocycles. The lowest BCUT2D eigenvalue weighted by molar-refractivity contribution is 0.0278. The first-order valence-corrected chi connectivity index (χ1v) is 10.1. The molecule has 3 rings (SSSR count). The van der Waals surface area contributed by atoms with E-state index in [1.54, 1.807) is 0 Å². The fraction of sp³-hybridized carbons (Fsp3) is 0.478. The molecule has 1 aliphatic heterocycles. The van der Waals surface area contributed by atoms with Crippen LogP contribution in [0.25, 0.3) is 0 Å². The summed E-state index contributed by atoms with van der Waals surface area (Å²) in [5.41, 5.74) is 0.991. The third kappa shape index (κ3) is 5.96. The number of aliphatic hydroxyl groups is 2. The Morgan fingerprint density at radius 2 is 1.54 bits per heavy atom. The third-order valence-corrected chi connectivity index (χ3v) is 5.27. The van der Waals surface area contributed by atoms with Crippen molar-refractivity contribution in [3.63, 3.8) is 0 Å². The van der Waals surface area contributed by atoms with Gasteiger partial charge in [-0.3, -0.25) is 0 Å². The summed E-state index contributed by atoms with van der Waals surface area (Å²) < 4.78 is 11.1. The number of piperidine rings is 1. The van der Waals surface area contributed by atoms with Crippen LogP contribution in [0.1, 0.15) is 31.4 Å². The fourth-order valence-corrected chi connectivity index (χ4v) is 3.72. The molecule has 1 aliphatic rings. The van der Waals surface area contributed by atoms with Gasteiger partial charge in [-0.2, -0.15) is 0 Å². The van der Waals surface area contributed by atoms with Crippen LogP contribution in [0, 0.1) is 5.92 Å². The average molecular weight is 386 g/mol. The molecule has 5 heteroatoms. The maximum Gasteiger partial charge on any atom is 0.119 e. The first-order valence-electron chi connectivity index (χ1n) is 10.1. The van der Waals surface area contributed by atoms with E-state index in [4.69, 9.17) is 9.47 Å². The van der Waals surface area contributed by atoms with Crippen molar-refractivity contribution in [1.82, 2.24) is 4.90 Å². The lowest BCUT2D eigenvalue weighted by Gasteiger charge is -2.35. The molecule has 2 aromatic rings. The number of ether oxygens (including phenoxy) is 2. The minimum Gasteiger partial charge on any atom is -0.494 e. The van der Waals surface area contributed by atoms with Crippen molar-refractivity contribution in [2.45, 2.75) is 32.0 Å². The number of likely N-dealkylation sites (tertiary alicyclic amines) is 1. The van der Waals surface area contributed by atoms with Crippen molar-refractivity contribution in [1.29, 1.82) is 0 Å². The summed E-state index contributed by atoms with van der Waals surface area (Å²) in [6, 6.07) is 17.3. The highest BCUT2D eigenvalue weighted by atomic mass is 16.5.